The van der Waals surface area contributed by atoms with Crippen LogP contribution in [0, 0.1) is 11.3 Å². The zero-order valence-corrected chi connectivity index (χ0v) is 11.0. The lowest BCUT2D eigenvalue weighted by Gasteiger charge is -2.31. The fourth-order valence-electron chi connectivity index (χ4n) is 1.67. The Morgan fingerprint density at radius 2 is 1.67 bits per heavy atom. The van der Waals surface area contributed by atoms with Crippen molar-refractivity contribution in [3.8, 4) is 0 Å². The summed E-state index contributed by atoms with van der Waals surface area (Å²) in [4.78, 5) is 10.5. The Morgan fingerprint density at radius 3 is 2.07 bits per heavy atom. The fraction of sp³-hybridized carbons (Fsp3) is 1.00. The van der Waals surface area contributed by atoms with Crippen molar-refractivity contribution in [2.45, 2.75) is 53.6 Å². The van der Waals surface area contributed by atoms with E-state index >= 15 is 0 Å². The monoisotopic (exact) mass is 218 g/mol. The number of aliphatic hydroxyl groups excluding tert-OH is 1. The van der Waals surface area contributed by atoms with E-state index in [1.165, 1.54) is 0 Å². The summed E-state index contributed by atoms with van der Waals surface area (Å²) >= 11 is 0. The van der Waals surface area contributed by atoms with E-state index in [1.54, 1.807) is 0 Å². The van der Waals surface area contributed by atoms with E-state index in [-0.39, 0.29) is 23.5 Å². The topological polar surface area (TPSA) is 38.7 Å². The predicted octanol–water partition coefficient (Wildman–Crippen LogP) is 2.78. The van der Waals surface area contributed by atoms with E-state index in [1.807, 2.05) is 20.8 Å². The molecule has 0 radical (unpaired) electrons. The molecular formula is C12H26O3. The van der Waals surface area contributed by atoms with Gasteiger partial charge in [-0.05, 0) is 25.7 Å². The summed E-state index contributed by atoms with van der Waals surface area (Å²) in [6, 6.07) is 0. The van der Waals surface area contributed by atoms with Crippen LogP contribution in [-0.4, -0.2) is 23.9 Å². The molecule has 0 amide bonds. The zero-order valence-electron chi connectivity index (χ0n) is 11.0. The minimum atomic E-state index is -0.284. The summed E-state index contributed by atoms with van der Waals surface area (Å²) in [5, 5.41) is 8.82. The predicted molar refractivity (Wildman–Crippen MR) is 61.4 cm³/mol. The van der Waals surface area contributed by atoms with Crippen LogP contribution in [0.2, 0.25) is 0 Å². The summed E-state index contributed by atoms with van der Waals surface area (Å²) in [5.41, 5.74) is -0.0666. The van der Waals surface area contributed by atoms with Crippen LogP contribution in [0.1, 0.15) is 48.0 Å². The standard InChI is InChI=1S/C12H26O3/c1-10(7-13)8-14-15-12(5,6)9-11(2,3)4/h10,13H,7-9H2,1-6H3. The van der Waals surface area contributed by atoms with Gasteiger partial charge in [-0.25, -0.2) is 9.78 Å². The Balaban J connectivity index is 3.84. The molecule has 0 rings (SSSR count). The van der Waals surface area contributed by atoms with Crippen molar-refractivity contribution in [1.82, 2.24) is 0 Å². The van der Waals surface area contributed by atoms with Gasteiger partial charge in [-0.3, -0.25) is 0 Å². The summed E-state index contributed by atoms with van der Waals surface area (Å²) < 4.78 is 0. The molecule has 92 valence electrons. The van der Waals surface area contributed by atoms with Crippen LogP contribution in [0.15, 0.2) is 0 Å². The normalized spacial score (nSPS) is 15.4. The van der Waals surface area contributed by atoms with Crippen molar-refractivity contribution in [3.05, 3.63) is 0 Å². The molecule has 3 heteroatoms. The molecule has 0 saturated heterocycles. The molecule has 0 heterocycles. The SMILES string of the molecule is CC(CO)COOC(C)(C)CC(C)(C)C. The minimum absolute atomic E-state index is 0.121. The second-order valence-electron chi connectivity index (χ2n) is 6.15. The van der Waals surface area contributed by atoms with Gasteiger partial charge in [0.2, 0.25) is 0 Å². The van der Waals surface area contributed by atoms with Crippen LogP contribution in [0.5, 0.6) is 0 Å². The molecule has 0 spiro atoms. The molecule has 1 atom stereocenters. The van der Waals surface area contributed by atoms with E-state index in [9.17, 15) is 0 Å². The Morgan fingerprint density at radius 1 is 1.13 bits per heavy atom. The molecule has 0 fully saturated rings. The lowest BCUT2D eigenvalue weighted by Crippen LogP contribution is -2.31. The van der Waals surface area contributed by atoms with E-state index in [0.717, 1.165) is 6.42 Å². The highest BCUT2D eigenvalue weighted by molar-refractivity contribution is 4.75. The second-order valence-corrected chi connectivity index (χ2v) is 6.15. The minimum Gasteiger partial charge on any atom is -0.396 e. The third-order valence-electron chi connectivity index (χ3n) is 1.90. The van der Waals surface area contributed by atoms with Gasteiger partial charge in [0.05, 0.1) is 12.2 Å². The van der Waals surface area contributed by atoms with Gasteiger partial charge in [-0.1, -0.05) is 27.7 Å². The van der Waals surface area contributed by atoms with E-state index < -0.39 is 0 Å². The molecule has 0 aromatic rings. The van der Waals surface area contributed by atoms with E-state index in [0.29, 0.717) is 6.61 Å². The third kappa shape index (κ3) is 8.85. The first-order valence-electron chi connectivity index (χ1n) is 5.58. The van der Waals surface area contributed by atoms with Gasteiger partial charge in [0.25, 0.3) is 0 Å². The maximum Gasteiger partial charge on any atom is 0.0985 e. The van der Waals surface area contributed by atoms with Gasteiger partial charge in [0.15, 0.2) is 0 Å². The molecular weight excluding hydrogens is 192 g/mol. The van der Waals surface area contributed by atoms with Crippen LogP contribution in [0.4, 0.5) is 0 Å². The summed E-state index contributed by atoms with van der Waals surface area (Å²) in [7, 11) is 0. The number of hydrogen-bond donors (Lipinski definition) is 1. The number of aliphatic hydroxyl groups is 1. The molecule has 0 aromatic heterocycles. The molecule has 3 nitrogen and oxygen atoms in total. The van der Waals surface area contributed by atoms with Gasteiger partial charge >= 0.3 is 0 Å². The quantitative estimate of drug-likeness (QED) is 0.550. The van der Waals surface area contributed by atoms with Crippen molar-refractivity contribution in [2.75, 3.05) is 13.2 Å². The highest BCUT2D eigenvalue weighted by Gasteiger charge is 2.27. The molecule has 0 saturated carbocycles. The average molecular weight is 218 g/mol. The van der Waals surface area contributed by atoms with E-state index in [4.69, 9.17) is 14.9 Å². The largest absolute Gasteiger partial charge is 0.396 e. The molecule has 0 bridgehead atoms. The summed E-state index contributed by atoms with van der Waals surface area (Å²) in [6.07, 6.45) is 0.924. The lowest BCUT2D eigenvalue weighted by molar-refractivity contribution is -0.362. The molecule has 1 unspecified atom stereocenters. The maximum atomic E-state index is 8.82. The number of hydrogen-bond acceptors (Lipinski definition) is 3. The third-order valence-corrected chi connectivity index (χ3v) is 1.90. The summed E-state index contributed by atoms with van der Waals surface area (Å²) in [5.74, 6) is 0.121. The fourth-order valence-corrected chi connectivity index (χ4v) is 1.67. The van der Waals surface area contributed by atoms with Crippen molar-refractivity contribution < 1.29 is 14.9 Å². The molecule has 0 aliphatic rings. The van der Waals surface area contributed by atoms with Gasteiger partial charge in [-0.15, -0.1) is 0 Å². The van der Waals surface area contributed by atoms with Crippen molar-refractivity contribution >= 4 is 0 Å². The Kier molecular flexibility index (Phi) is 5.78. The van der Waals surface area contributed by atoms with Crippen LogP contribution in [-0.2, 0) is 9.78 Å². The zero-order chi connectivity index (χ0) is 12.1. The van der Waals surface area contributed by atoms with Crippen LogP contribution >= 0.6 is 0 Å². The smallest absolute Gasteiger partial charge is 0.0985 e. The molecule has 1 N–H and O–H groups in total. The molecule has 0 aliphatic heterocycles. The highest BCUT2D eigenvalue weighted by atomic mass is 17.2. The van der Waals surface area contributed by atoms with Crippen molar-refractivity contribution in [3.63, 3.8) is 0 Å². The average Bonchev–Trinajstić information content (AvgIpc) is 1.98. The van der Waals surface area contributed by atoms with Crippen LogP contribution in [0.25, 0.3) is 0 Å². The van der Waals surface area contributed by atoms with Gasteiger partial charge in [0.1, 0.15) is 0 Å². The first-order chi connectivity index (χ1) is 6.66. The Bertz CT molecular complexity index is 170. The van der Waals surface area contributed by atoms with Gasteiger partial charge in [-0.2, -0.15) is 0 Å². The Labute approximate surface area is 93.7 Å². The second kappa shape index (κ2) is 5.83. The Hall–Kier alpha value is -0.120. The maximum absolute atomic E-state index is 8.82. The first kappa shape index (κ1) is 14.9. The van der Waals surface area contributed by atoms with Crippen LogP contribution < -0.4 is 0 Å². The van der Waals surface area contributed by atoms with Crippen molar-refractivity contribution in [1.29, 1.82) is 0 Å². The first-order valence-corrected chi connectivity index (χ1v) is 5.58. The highest BCUT2D eigenvalue weighted by Crippen LogP contribution is 2.29. The van der Waals surface area contributed by atoms with Crippen LogP contribution in [0.3, 0.4) is 0 Å². The van der Waals surface area contributed by atoms with Gasteiger partial charge < -0.3 is 5.11 Å². The van der Waals surface area contributed by atoms with Gasteiger partial charge in [0, 0.05) is 12.5 Å². The molecule has 15 heavy (non-hydrogen) atoms. The summed E-state index contributed by atoms with van der Waals surface area (Å²) in [6.45, 7) is 13.0. The number of rotatable bonds is 6. The van der Waals surface area contributed by atoms with E-state index in [2.05, 4.69) is 20.8 Å². The molecule has 0 aliphatic carbocycles. The van der Waals surface area contributed by atoms with Crippen molar-refractivity contribution in [2.24, 2.45) is 11.3 Å². The lowest BCUT2D eigenvalue weighted by atomic mass is 9.84. The molecule has 0 aromatic carbocycles.